The van der Waals surface area contributed by atoms with Crippen LogP contribution in [0.4, 0.5) is 0 Å². The Morgan fingerprint density at radius 1 is 1.71 bits per heavy atom. The summed E-state index contributed by atoms with van der Waals surface area (Å²) in [5.41, 5.74) is 4.58. The molecule has 0 aliphatic rings. The van der Waals surface area contributed by atoms with Gasteiger partial charge in [-0.3, -0.25) is 10.2 Å². The fourth-order valence-corrected chi connectivity index (χ4v) is 0.170. The Morgan fingerprint density at radius 3 is 2.86 bits per heavy atom. The standard InChI is InChI=1S/C3H8N2O2/c6-2-1-4-5-3-7/h3-4,6H,1-2H2,(H,5,7). The third kappa shape index (κ3) is 5.39. The summed E-state index contributed by atoms with van der Waals surface area (Å²) in [7, 11) is 0. The van der Waals surface area contributed by atoms with Crippen LogP contribution in [0.15, 0.2) is 0 Å². The smallest absolute Gasteiger partial charge is 0.221 e. The van der Waals surface area contributed by atoms with Gasteiger partial charge in [0.15, 0.2) is 0 Å². The molecule has 7 heavy (non-hydrogen) atoms. The molecule has 0 aromatic rings. The number of aliphatic hydroxyl groups excluding tert-OH is 1. The van der Waals surface area contributed by atoms with E-state index in [1.807, 2.05) is 0 Å². The first kappa shape index (κ1) is 6.39. The van der Waals surface area contributed by atoms with Crippen LogP contribution in [0.5, 0.6) is 0 Å². The Morgan fingerprint density at radius 2 is 2.43 bits per heavy atom. The zero-order valence-corrected chi connectivity index (χ0v) is 3.85. The lowest BCUT2D eigenvalue weighted by Crippen LogP contribution is -2.32. The largest absolute Gasteiger partial charge is 0.395 e. The fourth-order valence-electron chi connectivity index (χ4n) is 0.170. The lowest BCUT2D eigenvalue weighted by atomic mass is 10.7. The predicted molar refractivity (Wildman–Crippen MR) is 24.3 cm³/mol. The van der Waals surface area contributed by atoms with Crippen LogP contribution in [-0.4, -0.2) is 24.7 Å². The van der Waals surface area contributed by atoms with Crippen LogP contribution in [0.25, 0.3) is 0 Å². The van der Waals surface area contributed by atoms with Crippen LogP contribution >= 0.6 is 0 Å². The summed E-state index contributed by atoms with van der Waals surface area (Å²) in [4.78, 5) is 9.42. The minimum absolute atomic E-state index is 0.0286. The van der Waals surface area contributed by atoms with Gasteiger partial charge in [-0.25, -0.2) is 5.43 Å². The van der Waals surface area contributed by atoms with Gasteiger partial charge >= 0.3 is 0 Å². The van der Waals surface area contributed by atoms with Gasteiger partial charge in [0.2, 0.25) is 6.41 Å². The molecule has 0 unspecified atom stereocenters. The number of rotatable bonds is 4. The van der Waals surface area contributed by atoms with Crippen LogP contribution < -0.4 is 10.9 Å². The van der Waals surface area contributed by atoms with E-state index >= 15 is 0 Å². The molecule has 0 fully saturated rings. The summed E-state index contributed by atoms with van der Waals surface area (Å²) in [6.45, 7) is 0.416. The van der Waals surface area contributed by atoms with E-state index < -0.39 is 0 Å². The number of nitrogens with one attached hydrogen (secondary N) is 2. The maximum absolute atomic E-state index is 9.42. The van der Waals surface area contributed by atoms with Crippen LogP contribution in [0, 0.1) is 0 Å². The van der Waals surface area contributed by atoms with E-state index in [2.05, 4.69) is 10.9 Å². The minimum atomic E-state index is 0.0286. The summed E-state index contributed by atoms with van der Waals surface area (Å²) in [5, 5.41) is 8.07. The van der Waals surface area contributed by atoms with Gasteiger partial charge in [0.05, 0.1) is 6.61 Å². The van der Waals surface area contributed by atoms with E-state index in [0.717, 1.165) is 0 Å². The number of carbonyl (C=O) groups excluding carboxylic acids is 1. The summed E-state index contributed by atoms with van der Waals surface area (Å²) >= 11 is 0. The number of hydrogen-bond donors (Lipinski definition) is 3. The molecule has 0 heterocycles. The molecule has 0 aromatic carbocycles. The molecule has 1 amide bonds. The first-order valence-electron chi connectivity index (χ1n) is 1.94. The number of aliphatic hydroxyl groups is 1. The second-order valence-electron chi connectivity index (χ2n) is 0.913. The molecule has 0 aliphatic carbocycles. The van der Waals surface area contributed by atoms with E-state index in [1.165, 1.54) is 0 Å². The molecule has 0 saturated heterocycles. The number of hydrogen-bond acceptors (Lipinski definition) is 3. The number of carbonyl (C=O) groups is 1. The third-order valence-corrected chi connectivity index (χ3v) is 0.398. The van der Waals surface area contributed by atoms with Crippen molar-refractivity contribution >= 4 is 6.41 Å². The zero-order valence-electron chi connectivity index (χ0n) is 3.85. The topological polar surface area (TPSA) is 61.4 Å². The van der Waals surface area contributed by atoms with Crippen molar-refractivity contribution in [2.75, 3.05) is 13.2 Å². The summed E-state index contributed by atoms with van der Waals surface area (Å²) in [6.07, 6.45) is 0.510. The molecule has 0 rings (SSSR count). The number of hydrazine groups is 1. The maximum atomic E-state index is 9.42. The second kappa shape index (κ2) is 5.39. The number of amides is 1. The molecule has 0 spiro atoms. The van der Waals surface area contributed by atoms with Crippen LogP contribution in [0.2, 0.25) is 0 Å². The summed E-state index contributed by atoms with van der Waals surface area (Å²) < 4.78 is 0. The van der Waals surface area contributed by atoms with Crippen molar-refractivity contribution in [2.24, 2.45) is 0 Å². The average molecular weight is 104 g/mol. The van der Waals surface area contributed by atoms with Crippen LogP contribution in [-0.2, 0) is 4.79 Å². The van der Waals surface area contributed by atoms with Gasteiger partial charge in [0, 0.05) is 6.54 Å². The summed E-state index contributed by atoms with van der Waals surface area (Å²) in [6, 6.07) is 0. The molecule has 4 nitrogen and oxygen atoms in total. The summed E-state index contributed by atoms with van der Waals surface area (Å²) in [5.74, 6) is 0. The molecule has 4 heteroatoms. The molecule has 3 N–H and O–H groups in total. The SMILES string of the molecule is O=CNNCCO. The van der Waals surface area contributed by atoms with Gasteiger partial charge < -0.3 is 5.11 Å². The lowest BCUT2D eigenvalue weighted by molar-refractivity contribution is -0.110. The van der Waals surface area contributed by atoms with Gasteiger partial charge in [0.1, 0.15) is 0 Å². The normalized spacial score (nSPS) is 8.14. The van der Waals surface area contributed by atoms with Gasteiger partial charge in [0.25, 0.3) is 0 Å². The molecule has 0 aromatic heterocycles. The van der Waals surface area contributed by atoms with Crippen molar-refractivity contribution < 1.29 is 9.90 Å². The molecule has 0 saturated carbocycles. The van der Waals surface area contributed by atoms with Gasteiger partial charge in [-0.2, -0.15) is 0 Å². The quantitative estimate of drug-likeness (QED) is 0.225. The third-order valence-electron chi connectivity index (χ3n) is 0.398. The molecule has 42 valence electrons. The fraction of sp³-hybridized carbons (Fsp3) is 0.667. The highest BCUT2D eigenvalue weighted by Gasteiger charge is 1.74. The van der Waals surface area contributed by atoms with Crippen molar-refractivity contribution in [2.45, 2.75) is 0 Å². The highest BCUT2D eigenvalue weighted by molar-refractivity contribution is 5.44. The minimum Gasteiger partial charge on any atom is -0.395 e. The zero-order chi connectivity index (χ0) is 5.54. The van der Waals surface area contributed by atoms with E-state index in [1.54, 1.807) is 0 Å². The van der Waals surface area contributed by atoms with Crippen molar-refractivity contribution in [3.63, 3.8) is 0 Å². The first-order chi connectivity index (χ1) is 3.41. The van der Waals surface area contributed by atoms with Crippen molar-refractivity contribution in [1.29, 1.82) is 0 Å². The van der Waals surface area contributed by atoms with Crippen molar-refractivity contribution in [1.82, 2.24) is 10.9 Å². The molecular weight excluding hydrogens is 96.0 g/mol. The Bertz CT molecular complexity index is 48.2. The Kier molecular flexibility index (Phi) is 4.92. The second-order valence-corrected chi connectivity index (χ2v) is 0.913. The Balaban J connectivity index is 2.56. The van der Waals surface area contributed by atoms with E-state index in [9.17, 15) is 4.79 Å². The van der Waals surface area contributed by atoms with Crippen molar-refractivity contribution in [3.8, 4) is 0 Å². The lowest BCUT2D eigenvalue weighted by Gasteiger charge is -1.94. The van der Waals surface area contributed by atoms with E-state index in [0.29, 0.717) is 13.0 Å². The Hall–Kier alpha value is -0.610. The molecule has 0 bridgehead atoms. The molecule has 0 radical (unpaired) electrons. The van der Waals surface area contributed by atoms with E-state index in [-0.39, 0.29) is 6.61 Å². The molecule has 0 atom stereocenters. The van der Waals surface area contributed by atoms with E-state index in [4.69, 9.17) is 5.11 Å². The first-order valence-corrected chi connectivity index (χ1v) is 1.94. The predicted octanol–water partition coefficient (Wildman–Crippen LogP) is -1.77. The highest BCUT2D eigenvalue weighted by Crippen LogP contribution is 1.44. The van der Waals surface area contributed by atoms with Gasteiger partial charge in [-0.05, 0) is 0 Å². The molecular formula is C3H8N2O2. The van der Waals surface area contributed by atoms with Crippen LogP contribution in [0.3, 0.4) is 0 Å². The Labute approximate surface area is 41.5 Å². The maximum Gasteiger partial charge on any atom is 0.221 e. The van der Waals surface area contributed by atoms with Crippen molar-refractivity contribution in [3.05, 3.63) is 0 Å². The highest BCUT2D eigenvalue weighted by atomic mass is 16.3. The average Bonchev–Trinajstić information content (AvgIpc) is 1.69. The van der Waals surface area contributed by atoms with Gasteiger partial charge in [-0.1, -0.05) is 0 Å². The molecule has 0 aliphatic heterocycles. The van der Waals surface area contributed by atoms with Crippen LogP contribution in [0.1, 0.15) is 0 Å². The van der Waals surface area contributed by atoms with Gasteiger partial charge in [-0.15, -0.1) is 0 Å². The monoisotopic (exact) mass is 104 g/mol.